The highest BCUT2D eigenvalue weighted by atomic mass is 35.5. The van der Waals surface area contributed by atoms with Gasteiger partial charge in [-0.3, -0.25) is 14.9 Å². The number of benzene rings is 1. The molecule has 8 heteroatoms. The second-order valence-electron chi connectivity index (χ2n) is 3.63. The number of alkyl halides is 2. The molecule has 1 aromatic carbocycles. The smallest absolute Gasteiger partial charge is 0.271 e. The molecule has 0 heterocycles. The zero-order chi connectivity index (χ0) is 14.4. The molecule has 0 saturated carbocycles. The number of hydrogen-bond donors (Lipinski definition) is 0. The lowest BCUT2D eigenvalue weighted by atomic mass is 10.1. The Kier molecular flexibility index (Phi) is 6.34. The highest BCUT2D eigenvalue weighted by Crippen LogP contribution is 2.22. The van der Waals surface area contributed by atoms with E-state index in [-0.39, 0.29) is 33.9 Å². The number of nitro benzene ring substituents is 1. The summed E-state index contributed by atoms with van der Waals surface area (Å²) in [6.45, 7) is 0.626. The third-order valence-corrected chi connectivity index (χ3v) is 2.89. The average molecular weight is 326 g/mol. The van der Waals surface area contributed by atoms with Crippen LogP contribution in [0.25, 0.3) is 0 Å². The second kappa shape index (κ2) is 7.53. The van der Waals surface area contributed by atoms with Gasteiger partial charge in [-0.15, -0.1) is 23.2 Å². The summed E-state index contributed by atoms with van der Waals surface area (Å²) in [5.74, 6) is 0.128. The van der Waals surface area contributed by atoms with Gasteiger partial charge in [0, 0.05) is 47.6 Å². The quantitative estimate of drug-likeness (QED) is 0.458. The topological polar surface area (TPSA) is 63.4 Å². The number of nitrogens with zero attached hydrogens (tertiary/aromatic N) is 2. The third kappa shape index (κ3) is 4.53. The molecule has 0 spiro atoms. The summed E-state index contributed by atoms with van der Waals surface area (Å²) in [6, 6.07) is 3.75. The molecule has 0 unspecified atom stereocenters. The van der Waals surface area contributed by atoms with Crippen LogP contribution in [0.15, 0.2) is 18.2 Å². The summed E-state index contributed by atoms with van der Waals surface area (Å²) in [6.07, 6.45) is 0. The van der Waals surface area contributed by atoms with E-state index in [1.165, 1.54) is 23.1 Å². The van der Waals surface area contributed by atoms with Crippen molar-refractivity contribution in [2.75, 3.05) is 24.8 Å². The number of carbonyl (C=O) groups is 1. The van der Waals surface area contributed by atoms with E-state index in [9.17, 15) is 14.9 Å². The maximum Gasteiger partial charge on any atom is 0.271 e. The van der Waals surface area contributed by atoms with Gasteiger partial charge in [-0.25, -0.2) is 0 Å². The fourth-order valence-electron chi connectivity index (χ4n) is 1.50. The molecule has 0 bridgehead atoms. The lowest BCUT2D eigenvalue weighted by Crippen LogP contribution is -2.34. The molecule has 1 rings (SSSR count). The van der Waals surface area contributed by atoms with Gasteiger partial charge in [0.15, 0.2) is 0 Å². The normalized spacial score (nSPS) is 10.3. The predicted octanol–water partition coefficient (Wildman–Crippen LogP) is 3.17. The summed E-state index contributed by atoms with van der Waals surface area (Å²) in [4.78, 5) is 23.7. The van der Waals surface area contributed by atoms with Gasteiger partial charge in [0.1, 0.15) is 0 Å². The predicted molar refractivity (Wildman–Crippen MR) is 75.4 cm³/mol. The average Bonchev–Trinajstić information content (AvgIpc) is 2.37. The first-order valence-electron chi connectivity index (χ1n) is 5.35. The Labute approximate surface area is 125 Å². The maximum atomic E-state index is 12.2. The molecular formula is C11H11Cl3N2O3. The highest BCUT2D eigenvalue weighted by Gasteiger charge is 2.18. The van der Waals surface area contributed by atoms with Crippen molar-refractivity contribution in [3.8, 4) is 0 Å². The zero-order valence-electron chi connectivity index (χ0n) is 9.81. The summed E-state index contributed by atoms with van der Waals surface area (Å²) in [5, 5.41) is 10.9. The molecule has 5 nitrogen and oxygen atoms in total. The van der Waals surface area contributed by atoms with E-state index in [0.717, 1.165) is 0 Å². The molecule has 1 amide bonds. The Morgan fingerprint density at radius 1 is 1.21 bits per heavy atom. The lowest BCUT2D eigenvalue weighted by molar-refractivity contribution is -0.384. The van der Waals surface area contributed by atoms with E-state index >= 15 is 0 Å². The van der Waals surface area contributed by atoms with Gasteiger partial charge in [-0.2, -0.15) is 0 Å². The van der Waals surface area contributed by atoms with E-state index in [2.05, 4.69) is 0 Å². The van der Waals surface area contributed by atoms with Crippen LogP contribution >= 0.6 is 34.8 Å². The highest BCUT2D eigenvalue weighted by molar-refractivity contribution is 6.31. The van der Waals surface area contributed by atoms with Crippen LogP contribution in [0, 0.1) is 10.1 Å². The molecule has 0 atom stereocenters. The van der Waals surface area contributed by atoms with Crippen molar-refractivity contribution in [2.45, 2.75) is 0 Å². The zero-order valence-corrected chi connectivity index (χ0v) is 12.1. The fraction of sp³-hybridized carbons (Fsp3) is 0.364. The van der Waals surface area contributed by atoms with E-state index in [1.807, 2.05) is 0 Å². The molecule has 0 N–H and O–H groups in total. The standard InChI is InChI=1S/C11H11Cl3N2O3/c12-1-3-15(4-2-13)11(17)8-5-9(14)7-10(6-8)16(18)19/h5-7H,1-4H2. The molecule has 0 aromatic heterocycles. The molecule has 0 saturated heterocycles. The van der Waals surface area contributed by atoms with Crippen LogP contribution in [0.2, 0.25) is 5.02 Å². The minimum atomic E-state index is -0.601. The molecule has 1 aromatic rings. The maximum absolute atomic E-state index is 12.2. The van der Waals surface area contributed by atoms with Gasteiger partial charge in [-0.1, -0.05) is 11.6 Å². The van der Waals surface area contributed by atoms with Crippen LogP contribution in [-0.4, -0.2) is 40.6 Å². The first-order chi connectivity index (χ1) is 8.99. The van der Waals surface area contributed by atoms with Gasteiger partial charge >= 0.3 is 0 Å². The van der Waals surface area contributed by atoms with E-state index in [1.54, 1.807) is 0 Å². The summed E-state index contributed by atoms with van der Waals surface area (Å²) in [5.41, 5.74) is -0.0815. The van der Waals surface area contributed by atoms with E-state index < -0.39 is 4.92 Å². The van der Waals surface area contributed by atoms with Crippen LogP contribution < -0.4 is 0 Å². The lowest BCUT2D eigenvalue weighted by Gasteiger charge is -2.20. The monoisotopic (exact) mass is 324 g/mol. The van der Waals surface area contributed by atoms with Crippen LogP contribution in [-0.2, 0) is 0 Å². The van der Waals surface area contributed by atoms with Crippen molar-refractivity contribution >= 4 is 46.4 Å². The van der Waals surface area contributed by atoms with Crippen LogP contribution in [0.5, 0.6) is 0 Å². The molecule has 0 radical (unpaired) electrons. The largest absolute Gasteiger partial charge is 0.336 e. The number of rotatable bonds is 6. The van der Waals surface area contributed by atoms with Crippen molar-refractivity contribution in [3.05, 3.63) is 38.9 Å². The SMILES string of the molecule is O=C(c1cc(Cl)cc([N+](=O)[O-])c1)N(CCCl)CCCl. The molecule has 0 aliphatic carbocycles. The van der Waals surface area contributed by atoms with Gasteiger partial charge in [-0.05, 0) is 6.07 Å². The van der Waals surface area contributed by atoms with Gasteiger partial charge in [0.2, 0.25) is 0 Å². The Balaban J connectivity index is 3.06. The molecular weight excluding hydrogens is 314 g/mol. The van der Waals surface area contributed by atoms with Crippen molar-refractivity contribution in [3.63, 3.8) is 0 Å². The first kappa shape index (κ1) is 16.0. The van der Waals surface area contributed by atoms with Crippen molar-refractivity contribution < 1.29 is 9.72 Å². The van der Waals surface area contributed by atoms with Gasteiger partial charge in [0.05, 0.1) is 4.92 Å². The summed E-state index contributed by atoms with van der Waals surface area (Å²) in [7, 11) is 0. The Morgan fingerprint density at radius 2 is 1.79 bits per heavy atom. The van der Waals surface area contributed by atoms with Crippen LogP contribution in [0.4, 0.5) is 5.69 Å². The minimum absolute atomic E-state index is 0.134. The van der Waals surface area contributed by atoms with Crippen molar-refractivity contribution in [2.24, 2.45) is 0 Å². The van der Waals surface area contributed by atoms with Crippen LogP contribution in [0.3, 0.4) is 0 Å². The number of carbonyl (C=O) groups excluding carboxylic acids is 1. The summed E-state index contributed by atoms with van der Waals surface area (Å²) < 4.78 is 0. The van der Waals surface area contributed by atoms with E-state index in [4.69, 9.17) is 34.8 Å². The first-order valence-corrected chi connectivity index (χ1v) is 6.80. The van der Waals surface area contributed by atoms with Crippen LogP contribution in [0.1, 0.15) is 10.4 Å². The summed E-state index contributed by atoms with van der Waals surface area (Å²) >= 11 is 17.0. The van der Waals surface area contributed by atoms with Crippen molar-refractivity contribution in [1.29, 1.82) is 0 Å². The number of halogens is 3. The molecule has 0 aliphatic heterocycles. The number of amides is 1. The molecule has 0 aliphatic rings. The van der Waals surface area contributed by atoms with Crippen molar-refractivity contribution in [1.82, 2.24) is 4.90 Å². The Bertz CT molecular complexity index is 476. The van der Waals surface area contributed by atoms with Gasteiger partial charge in [0.25, 0.3) is 11.6 Å². The third-order valence-electron chi connectivity index (χ3n) is 2.34. The molecule has 0 fully saturated rings. The fourth-order valence-corrected chi connectivity index (χ4v) is 2.14. The molecule has 19 heavy (non-hydrogen) atoms. The Morgan fingerprint density at radius 3 is 2.26 bits per heavy atom. The number of nitro groups is 1. The van der Waals surface area contributed by atoms with Gasteiger partial charge < -0.3 is 4.90 Å². The van der Waals surface area contributed by atoms with E-state index in [0.29, 0.717) is 13.1 Å². The number of non-ortho nitro benzene ring substituents is 1. The number of hydrogen-bond acceptors (Lipinski definition) is 3. The minimum Gasteiger partial charge on any atom is -0.336 e. The molecule has 104 valence electrons. The Hall–Kier alpha value is -1.04. The second-order valence-corrected chi connectivity index (χ2v) is 4.82.